The molecule has 2 aliphatic rings. The van der Waals surface area contributed by atoms with Crippen LogP contribution < -0.4 is 5.32 Å². The lowest BCUT2D eigenvalue weighted by Crippen LogP contribution is -2.45. The fraction of sp³-hybridized carbons (Fsp3) is 0.500. The van der Waals surface area contributed by atoms with Crippen molar-refractivity contribution in [1.82, 2.24) is 15.5 Å². The van der Waals surface area contributed by atoms with Crippen LogP contribution in [0, 0.1) is 12.8 Å². The minimum atomic E-state index is -0.624. The molecular formula is C20H23N3O4. The van der Waals surface area contributed by atoms with Crippen molar-refractivity contribution < 1.29 is 18.8 Å². The molecule has 1 amide bonds. The standard InChI is InChI=1S/C20H23N3O4/c1-13-7-3-4-8-14(13)18-22-16(27-23-18)12-21-19(25)15-11-17(24)26-20(15)9-5-2-6-10-20/h3-4,7-8,15H,2,5-6,9-12H2,1H3,(H,21,25). The summed E-state index contributed by atoms with van der Waals surface area (Å²) in [5, 5.41) is 6.85. The number of esters is 1. The molecule has 1 saturated heterocycles. The van der Waals surface area contributed by atoms with Crippen molar-refractivity contribution in [2.45, 2.75) is 57.6 Å². The Balaban J connectivity index is 1.42. The normalized spacial score (nSPS) is 21.2. The summed E-state index contributed by atoms with van der Waals surface area (Å²) >= 11 is 0. The fourth-order valence-corrected chi connectivity index (χ4v) is 4.17. The van der Waals surface area contributed by atoms with Crippen LogP contribution in [0.2, 0.25) is 0 Å². The maximum atomic E-state index is 12.7. The number of nitrogens with zero attached hydrogens (tertiary/aromatic N) is 2. The molecule has 1 atom stereocenters. The number of hydrogen-bond donors (Lipinski definition) is 1. The molecule has 2 aromatic rings. The molecular weight excluding hydrogens is 346 g/mol. The summed E-state index contributed by atoms with van der Waals surface area (Å²) in [4.78, 5) is 29.0. The molecule has 7 nitrogen and oxygen atoms in total. The maximum Gasteiger partial charge on any atom is 0.307 e. The highest BCUT2D eigenvalue weighted by Crippen LogP contribution is 2.44. The van der Waals surface area contributed by atoms with Crippen molar-refractivity contribution in [3.05, 3.63) is 35.7 Å². The Morgan fingerprint density at radius 2 is 2.04 bits per heavy atom. The van der Waals surface area contributed by atoms with Gasteiger partial charge in [0.1, 0.15) is 5.60 Å². The molecule has 27 heavy (non-hydrogen) atoms. The molecule has 142 valence electrons. The summed E-state index contributed by atoms with van der Waals surface area (Å²) in [6.45, 7) is 2.12. The van der Waals surface area contributed by atoms with Crippen LogP contribution in [0.15, 0.2) is 28.8 Å². The number of carbonyl (C=O) groups is 2. The first-order valence-corrected chi connectivity index (χ1v) is 9.45. The summed E-state index contributed by atoms with van der Waals surface area (Å²) in [6, 6.07) is 7.78. The first-order valence-electron chi connectivity index (χ1n) is 9.45. The third-order valence-electron chi connectivity index (χ3n) is 5.61. The van der Waals surface area contributed by atoms with Gasteiger partial charge in [0.15, 0.2) is 0 Å². The van der Waals surface area contributed by atoms with Gasteiger partial charge in [-0.2, -0.15) is 4.98 Å². The quantitative estimate of drug-likeness (QED) is 0.833. The highest BCUT2D eigenvalue weighted by Gasteiger charge is 2.52. The largest absolute Gasteiger partial charge is 0.458 e. The highest BCUT2D eigenvalue weighted by molar-refractivity contribution is 5.87. The van der Waals surface area contributed by atoms with Gasteiger partial charge in [0.05, 0.1) is 18.9 Å². The lowest BCUT2D eigenvalue weighted by atomic mass is 9.75. The Morgan fingerprint density at radius 1 is 1.26 bits per heavy atom. The average molecular weight is 369 g/mol. The van der Waals surface area contributed by atoms with Crippen molar-refractivity contribution >= 4 is 11.9 Å². The summed E-state index contributed by atoms with van der Waals surface area (Å²) in [6.07, 6.45) is 4.76. The van der Waals surface area contributed by atoms with Crippen molar-refractivity contribution in [3.63, 3.8) is 0 Å². The number of hydrogen-bond acceptors (Lipinski definition) is 6. The Kier molecular flexibility index (Phi) is 4.68. The summed E-state index contributed by atoms with van der Waals surface area (Å²) in [5.74, 6) is -0.0656. The van der Waals surface area contributed by atoms with Gasteiger partial charge in [-0.25, -0.2) is 0 Å². The Morgan fingerprint density at radius 3 is 2.81 bits per heavy atom. The van der Waals surface area contributed by atoms with E-state index in [1.165, 1.54) is 0 Å². The smallest absolute Gasteiger partial charge is 0.307 e. The molecule has 2 heterocycles. The topological polar surface area (TPSA) is 94.3 Å². The monoisotopic (exact) mass is 369 g/mol. The molecule has 1 aromatic heterocycles. The van der Waals surface area contributed by atoms with Gasteiger partial charge in [-0.1, -0.05) is 35.8 Å². The predicted octanol–water partition coefficient (Wildman–Crippen LogP) is 2.93. The Bertz CT molecular complexity index is 854. The minimum absolute atomic E-state index is 0.137. The summed E-state index contributed by atoms with van der Waals surface area (Å²) in [7, 11) is 0. The Labute approximate surface area is 157 Å². The zero-order valence-electron chi connectivity index (χ0n) is 15.4. The number of nitrogens with one attached hydrogen (secondary N) is 1. The first-order chi connectivity index (χ1) is 13.1. The SMILES string of the molecule is Cc1ccccc1-c1noc(CNC(=O)C2CC(=O)OC23CCCCC3)n1. The number of amides is 1. The average Bonchev–Trinajstić information content (AvgIpc) is 3.25. The van der Waals surface area contributed by atoms with Gasteiger partial charge in [-0.3, -0.25) is 9.59 Å². The molecule has 0 radical (unpaired) electrons. The van der Waals surface area contributed by atoms with E-state index in [2.05, 4.69) is 15.5 Å². The van der Waals surface area contributed by atoms with Crippen molar-refractivity contribution in [1.29, 1.82) is 0 Å². The number of aromatic nitrogens is 2. The van der Waals surface area contributed by atoms with E-state index in [1.807, 2.05) is 31.2 Å². The lowest BCUT2D eigenvalue weighted by Gasteiger charge is -2.35. The van der Waals surface area contributed by atoms with Gasteiger partial charge < -0.3 is 14.6 Å². The number of carbonyl (C=O) groups excluding carboxylic acids is 2. The van der Waals surface area contributed by atoms with E-state index >= 15 is 0 Å². The number of ether oxygens (including phenoxy) is 1. The van der Waals surface area contributed by atoms with Crippen LogP contribution >= 0.6 is 0 Å². The maximum absolute atomic E-state index is 12.7. The molecule has 1 saturated carbocycles. The van der Waals surface area contributed by atoms with Crippen LogP contribution in [-0.4, -0.2) is 27.6 Å². The molecule has 1 unspecified atom stereocenters. The van der Waals surface area contributed by atoms with Crippen LogP contribution in [0.25, 0.3) is 11.4 Å². The number of rotatable bonds is 4. The highest BCUT2D eigenvalue weighted by atomic mass is 16.6. The van der Waals surface area contributed by atoms with E-state index in [-0.39, 0.29) is 24.8 Å². The molecule has 4 rings (SSSR count). The van der Waals surface area contributed by atoms with Crippen molar-refractivity contribution in [2.75, 3.05) is 0 Å². The van der Waals surface area contributed by atoms with E-state index in [0.717, 1.165) is 43.2 Å². The van der Waals surface area contributed by atoms with E-state index in [9.17, 15) is 9.59 Å². The van der Waals surface area contributed by atoms with Crippen molar-refractivity contribution in [2.24, 2.45) is 5.92 Å². The van der Waals surface area contributed by atoms with Gasteiger partial charge >= 0.3 is 5.97 Å². The molecule has 2 fully saturated rings. The predicted molar refractivity (Wildman–Crippen MR) is 96.3 cm³/mol. The zero-order valence-corrected chi connectivity index (χ0v) is 15.4. The second kappa shape index (κ2) is 7.13. The van der Waals surface area contributed by atoms with E-state index < -0.39 is 11.5 Å². The molecule has 7 heteroatoms. The molecule has 1 aromatic carbocycles. The van der Waals surface area contributed by atoms with Gasteiger partial charge in [0, 0.05) is 5.56 Å². The van der Waals surface area contributed by atoms with Gasteiger partial charge in [-0.05, 0) is 38.2 Å². The second-order valence-corrected chi connectivity index (χ2v) is 7.40. The minimum Gasteiger partial charge on any atom is -0.458 e. The van der Waals surface area contributed by atoms with Crippen LogP contribution in [0.4, 0.5) is 0 Å². The van der Waals surface area contributed by atoms with Crippen LogP contribution in [0.5, 0.6) is 0 Å². The van der Waals surface area contributed by atoms with Crippen molar-refractivity contribution in [3.8, 4) is 11.4 Å². The van der Waals surface area contributed by atoms with Crippen LogP contribution in [-0.2, 0) is 20.9 Å². The first kappa shape index (κ1) is 17.7. The van der Waals surface area contributed by atoms with E-state index in [1.54, 1.807) is 0 Å². The molecule has 0 bridgehead atoms. The van der Waals surface area contributed by atoms with Gasteiger partial charge in [0.25, 0.3) is 0 Å². The van der Waals surface area contributed by atoms with Gasteiger partial charge in [0.2, 0.25) is 17.6 Å². The molecule has 1 spiro atoms. The zero-order chi connectivity index (χ0) is 18.9. The third kappa shape index (κ3) is 3.46. The number of aryl methyl sites for hydroxylation is 1. The van der Waals surface area contributed by atoms with Crippen LogP contribution in [0.3, 0.4) is 0 Å². The fourth-order valence-electron chi connectivity index (χ4n) is 4.17. The van der Waals surface area contributed by atoms with E-state index in [4.69, 9.17) is 9.26 Å². The number of benzene rings is 1. The third-order valence-corrected chi connectivity index (χ3v) is 5.61. The van der Waals surface area contributed by atoms with Crippen LogP contribution in [0.1, 0.15) is 50.0 Å². The lowest BCUT2D eigenvalue weighted by molar-refractivity contribution is -0.153. The Hall–Kier alpha value is -2.70. The summed E-state index contributed by atoms with van der Waals surface area (Å²) < 4.78 is 10.9. The molecule has 1 aliphatic heterocycles. The summed E-state index contributed by atoms with van der Waals surface area (Å²) in [5.41, 5.74) is 1.32. The molecule has 1 N–H and O–H groups in total. The van der Waals surface area contributed by atoms with Gasteiger partial charge in [-0.15, -0.1) is 0 Å². The van der Waals surface area contributed by atoms with E-state index in [0.29, 0.717) is 11.7 Å². The second-order valence-electron chi connectivity index (χ2n) is 7.40. The molecule has 1 aliphatic carbocycles.